The van der Waals surface area contributed by atoms with E-state index in [-0.39, 0.29) is 12.0 Å². The van der Waals surface area contributed by atoms with Gasteiger partial charge < -0.3 is 10.1 Å². The van der Waals surface area contributed by atoms with Crippen LogP contribution in [0.2, 0.25) is 0 Å². The number of esters is 1. The Labute approximate surface area is 105 Å². The van der Waals surface area contributed by atoms with Gasteiger partial charge in [0, 0.05) is 6.04 Å². The number of hydrogen-bond donors (Lipinski definition) is 1. The Kier molecular flexibility index (Phi) is 6.52. The zero-order valence-electron chi connectivity index (χ0n) is 11.4. The van der Waals surface area contributed by atoms with E-state index in [2.05, 4.69) is 17.1 Å². The summed E-state index contributed by atoms with van der Waals surface area (Å²) in [5.74, 6) is -0.0838. The number of carbonyl (C=O) groups is 1. The average molecular weight is 242 g/mol. The van der Waals surface area contributed by atoms with E-state index in [1.165, 1.54) is 0 Å². The molecule has 1 aliphatic heterocycles. The van der Waals surface area contributed by atoms with E-state index < -0.39 is 0 Å². The summed E-state index contributed by atoms with van der Waals surface area (Å²) in [5.41, 5.74) is 0. The summed E-state index contributed by atoms with van der Waals surface area (Å²) in [5, 5.41) is 3.36. The van der Waals surface area contributed by atoms with E-state index in [0.29, 0.717) is 12.6 Å². The quantitative estimate of drug-likeness (QED) is 0.715. The number of piperidine rings is 1. The molecule has 1 rings (SSSR count). The first kappa shape index (κ1) is 14.5. The van der Waals surface area contributed by atoms with E-state index >= 15 is 0 Å². The van der Waals surface area contributed by atoms with Gasteiger partial charge in [-0.25, -0.2) is 0 Å². The van der Waals surface area contributed by atoms with Gasteiger partial charge in [-0.05, 0) is 52.7 Å². The van der Waals surface area contributed by atoms with Crippen LogP contribution < -0.4 is 5.32 Å². The highest BCUT2D eigenvalue weighted by Crippen LogP contribution is 2.16. The van der Waals surface area contributed by atoms with Crippen LogP contribution in [0, 0.1) is 0 Å². The Bertz CT molecular complexity index is 227. The number of rotatable bonds is 6. The Morgan fingerprint density at radius 2 is 2.06 bits per heavy atom. The molecule has 0 amide bonds. The summed E-state index contributed by atoms with van der Waals surface area (Å²) < 4.78 is 5.13. The molecule has 1 atom stereocenters. The van der Waals surface area contributed by atoms with Gasteiger partial charge in [0.15, 0.2) is 0 Å². The maximum absolute atomic E-state index is 11.8. The zero-order valence-corrected chi connectivity index (χ0v) is 11.4. The van der Waals surface area contributed by atoms with Gasteiger partial charge in [0.05, 0.1) is 6.61 Å². The minimum atomic E-state index is -0.113. The van der Waals surface area contributed by atoms with Crippen molar-refractivity contribution >= 4 is 5.97 Å². The molecule has 0 radical (unpaired) electrons. The molecular weight excluding hydrogens is 216 g/mol. The van der Waals surface area contributed by atoms with Gasteiger partial charge in [0.2, 0.25) is 0 Å². The first-order valence-electron chi connectivity index (χ1n) is 6.83. The van der Waals surface area contributed by atoms with Gasteiger partial charge in [-0.15, -0.1) is 0 Å². The molecule has 0 bridgehead atoms. The highest BCUT2D eigenvalue weighted by molar-refractivity contribution is 5.75. The van der Waals surface area contributed by atoms with Crippen molar-refractivity contribution in [2.75, 3.05) is 26.2 Å². The van der Waals surface area contributed by atoms with Crippen LogP contribution >= 0.6 is 0 Å². The van der Waals surface area contributed by atoms with E-state index in [1.54, 1.807) is 0 Å². The van der Waals surface area contributed by atoms with Gasteiger partial charge in [-0.3, -0.25) is 9.69 Å². The van der Waals surface area contributed by atoms with Crippen molar-refractivity contribution in [1.29, 1.82) is 0 Å². The van der Waals surface area contributed by atoms with Gasteiger partial charge in [0.25, 0.3) is 0 Å². The highest BCUT2D eigenvalue weighted by Gasteiger charge is 2.29. The average Bonchev–Trinajstić information content (AvgIpc) is 2.36. The van der Waals surface area contributed by atoms with Crippen LogP contribution in [0.25, 0.3) is 0 Å². The van der Waals surface area contributed by atoms with Crippen LogP contribution in [0.15, 0.2) is 0 Å². The predicted molar refractivity (Wildman–Crippen MR) is 69.0 cm³/mol. The summed E-state index contributed by atoms with van der Waals surface area (Å²) in [4.78, 5) is 14.1. The lowest BCUT2D eigenvalue weighted by molar-refractivity contribution is -0.150. The summed E-state index contributed by atoms with van der Waals surface area (Å²) in [6.45, 7) is 9.54. The third kappa shape index (κ3) is 4.28. The van der Waals surface area contributed by atoms with Gasteiger partial charge in [0.1, 0.15) is 6.04 Å². The number of nitrogens with zero attached hydrogens (tertiary/aromatic N) is 1. The number of hydrogen-bond acceptors (Lipinski definition) is 4. The standard InChI is InChI=1S/C13H26N2O2/c1-4-10-15(11(3)13(16)17-5-2)12-6-8-14-9-7-12/h11-12,14H,4-10H2,1-3H3. The smallest absolute Gasteiger partial charge is 0.323 e. The minimum absolute atomic E-state index is 0.0838. The lowest BCUT2D eigenvalue weighted by Gasteiger charge is -2.37. The van der Waals surface area contributed by atoms with Crippen molar-refractivity contribution in [3.8, 4) is 0 Å². The second-order valence-corrected chi connectivity index (χ2v) is 4.65. The fourth-order valence-corrected chi connectivity index (χ4v) is 2.49. The third-order valence-corrected chi connectivity index (χ3v) is 3.38. The summed E-state index contributed by atoms with van der Waals surface area (Å²) in [6, 6.07) is 0.411. The van der Waals surface area contributed by atoms with Crippen molar-refractivity contribution in [2.24, 2.45) is 0 Å². The first-order chi connectivity index (χ1) is 8.20. The van der Waals surface area contributed by atoms with Gasteiger partial charge in [-0.1, -0.05) is 6.92 Å². The van der Waals surface area contributed by atoms with E-state index in [4.69, 9.17) is 4.74 Å². The molecule has 0 spiro atoms. The Balaban J connectivity index is 2.59. The Morgan fingerprint density at radius 1 is 1.41 bits per heavy atom. The van der Waals surface area contributed by atoms with Gasteiger partial charge in [-0.2, -0.15) is 0 Å². The van der Waals surface area contributed by atoms with Crippen molar-refractivity contribution in [3.05, 3.63) is 0 Å². The molecule has 4 nitrogen and oxygen atoms in total. The largest absolute Gasteiger partial charge is 0.465 e. The molecule has 4 heteroatoms. The molecule has 0 aromatic rings. The maximum atomic E-state index is 11.8. The molecule has 0 saturated carbocycles. The van der Waals surface area contributed by atoms with Crippen LogP contribution in [0.4, 0.5) is 0 Å². The van der Waals surface area contributed by atoms with Crippen LogP contribution in [-0.4, -0.2) is 49.2 Å². The van der Waals surface area contributed by atoms with Crippen LogP contribution in [0.3, 0.4) is 0 Å². The van der Waals surface area contributed by atoms with E-state index in [1.807, 2.05) is 13.8 Å². The molecule has 100 valence electrons. The first-order valence-corrected chi connectivity index (χ1v) is 6.83. The second-order valence-electron chi connectivity index (χ2n) is 4.65. The van der Waals surface area contributed by atoms with Crippen molar-refractivity contribution in [3.63, 3.8) is 0 Å². The lowest BCUT2D eigenvalue weighted by Crippen LogP contribution is -2.50. The molecule has 1 N–H and O–H groups in total. The number of carbonyl (C=O) groups excluding carboxylic acids is 1. The van der Waals surface area contributed by atoms with Gasteiger partial charge >= 0.3 is 5.97 Å². The summed E-state index contributed by atoms with van der Waals surface area (Å²) in [7, 11) is 0. The topological polar surface area (TPSA) is 41.6 Å². The fraction of sp³-hybridized carbons (Fsp3) is 0.923. The Morgan fingerprint density at radius 3 is 2.59 bits per heavy atom. The van der Waals surface area contributed by atoms with Crippen molar-refractivity contribution < 1.29 is 9.53 Å². The maximum Gasteiger partial charge on any atom is 0.323 e. The molecule has 0 aromatic carbocycles. The molecule has 0 aliphatic carbocycles. The van der Waals surface area contributed by atoms with E-state index in [9.17, 15) is 4.79 Å². The number of nitrogens with one attached hydrogen (secondary N) is 1. The summed E-state index contributed by atoms with van der Waals surface area (Å²) >= 11 is 0. The Hall–Kier alpha value is -0.610. The molecule has 1 saturated heterocycles. The lowest BCUT2D eigenvalue weighted by atomic mass is 10.0. The minimum Gasteiger partial charge on any atom is -0.465 e. The molecule has 1 unspecified atom stereocenters. The molecular formula is C13H26N2O2. The zero-order chi connectivity index (χ0) is 12.7. The highest BCUT2D eigenvalue weighted by atomic mass is 16.5. The predicted octanol–water partition coefficient (Wildman–Crippen LogP) is 1.40. The fourth-order valence-electron chi connectivity index (χ4n) is 2.49. The normalized spacial score (nSPS) is 19.3. The SMILES string of the molecule is CCCN(C1CCNCC1)C(C)C(=O)OCC. The van der Waals surface area contributed by atoms with Crippen LogP contribution in [0.5, 0.6) is 0 Å². The third-order valence-electron chi connectivity index (χ3n) is 3.38. The molecule has 17 heavy (non-hydrogen) atoms. The van der Waals surface area contributed by atoms with Crippen molar-refractivity contribution in [2.45, 2.75) is 52.1 Å². The van der Waals surface area contributed by atoms with E-state index in [0.717, 1.165) is 38.9 Å². The molecule has 1 fully saturated rings. The second kappa shape index (κ2) is 7.67. The van der Waals surface area contributed by atoms with Crippen LogP contribution in [0.1, 0.15) is 40.0 Å². The van der Waals surface area contributed by atoms with Crippen molar-refractivity contribution in [1.82, 2.24) is 10.2 Å². The molecule has 1 heterocycles. The number of ether oxygens (including phenoxy) is 1. The monoisotopic (exact) mass is 242 g/mol. The molecule has 0 aromatic heterocycles. The molecule has 1 aliphatic rings. The summed E-state index contributed by atoms with van der Waals surface area (Å²) in [6.07, 6.45) is 3.33. The van der Waals surface area contributed by atoms with Crippen LogP contribution in [-0.2, 0) is 9.53 Å².